The van der Waals surface area contributed by atoms with Gasteiger partial charge in [-0.2, -0.15) is 13.2 Å². The summed E-state index contributed by atoms with van der Waals surface area (Å²) in [5, 5.41) is 0. The number of alkyl halides is 4. The summed E-state index contributed by atoms with van der Waals surface area (Å²) in [7, 11) is 0. The Morgan fingerprint density at radius 1 is 1.32 bits per heavy atom. The minimum Gasteiger partial charge on any atom is -0.491 e. The third kappa shape index (κ3) is 5.23. The second-order valence-electron chi connectivity index (χ2n) is 7.34. The van der Waals surface area contributed by atoms with Gasteiger partial charge >= 0.3 is 6.18 Å². The number of halogens is 4. The van der Waals surface area contributed by atoms with Gasteiger partial charge in [0.25, 0.3) is 11.5 Å². The molecular weight excluding hydrogens is 424 g/mol. The normalized spacial score (nSPS) is 21.6. The Balaban J connectivity index is 1.80. The number of amides is 1. The molecule has 2 atom stereocenters. The van der Waals surface area contributed by atoms with Gasteiger partial charge < -0.3 is 24.9 Å². The van der Waals surface area contributed by atoms with Gasteiger partial charge in [0.15, 0.2) is 0 Å². The smallest absolute Gasteiger partial charge is 0.431 e. The van der Waals surface area contributed by atoms with Crippen molar-refractivity contribution in [2.75, 3.05) is 26.5 Å². The second kappa shape index (κ2) is 8.67. The van der Waals surface area contributed by atoms with Crippen LogP contribution in [0.15, 0.2) is 35.1 Å². The van der Waals surface area contributed by atoms with Crippen LogP contribution in [0.2, 0.25) is 0 Å². The molecule has 1 aromatic heterocycles. The van der Waals surface area contributed by atoms with Crippen molar-refractivity contribution in [3.8, 4) is 16.9 Å². The van der Waals surface area contributed by atoms with E-state index in [0.29, 0.717) is 5.75 Å². The van der Waals surface area contributed by atoms with E-state index < -0.39 is 52.8 Å². The number of benzene rings is 1. The fourth-order valence-electron chi connectivity index (χ4n) is 3.11. The van der Waals surface area contributed by atoms with Crippen LogP contribution in [0.5, 0.6) is 5.75 Å². The zero-order chi connectivity index (χ0) is 22.8. The first-order valence-corrected chi connectivity index (χ1v) is 9.21. The lowest BCUT2D eigenvalue weighted by molar-refractivity contribution is -0.202. The third-order valence-corrected chi connectivity index (χ3v) is 4.64. The van der Waals surface area contributed by atoms with Gasteiger partial charge in [0, 0.05) is 5.56 Å². The van der Waals surface area contributed by atoms with Crippen LogP contribution in [0.3, 0.4) is 0 Å². The fraction of sp³-hybridized carbons (Fsp3) is 0.400. The van der Waals surface area contributed by atoms with Crippen molar-refractivity contribution < 1.29 is 36.6 Å². The lowest BCUT2D eigenvalue weighted by Gasteiger charge is -2.36. The highest BCUT2D eigenvalue weighted by Gasteiger charge is 2.36. The number of primary amides is 1. The first kappa shape index (κ1) is 22.8. The summed E-state index contributed by atoms with van der Waals surface area (Å²) in [5.74, 6) is -0.820. The predicted octanol–water partition coefficient (Wildman–Crippen LogP) is 2.68. The van der Waals surface area contributed by atoms with E-state index >= 15 is 0 Å². The molecule has 0 unspecified atom stereocenters. The zero-order valence-corrected chi connectivity index (χ0v) is 16.4. The molecule has 7 nitrogen and oxygen atoms in total. The standard InChI is InChI=1S/C20H20F4N2O5/c1-19(9-21)10-29-7-13(31-19)8-30-12-4-2-11(3-5-12)14-6-15(17(25)27)18(28)26-16(14)20(22,23)24/h2-6,13H,7-10H2,1H3,(H2,25,27)(H,26,28)/t13-,19-/m0/s1. The van der Waals surface area contributed by atoms with E-state index in [2.05, 4.69) is 0 Å². The number of hydrogen-bond donors (Lipinski definition) is 2. The van der Waals surface area contributed by atoms with Crippen molar-refractivity contribution in [1.82, 2.24) is 4.98 Å². The lowest BCUT2D eigenvalue weighted by Crippen LogP contribution is -2.48. The summed E-state index contributed by atoms with van der Waals surface area (Å²) in [6.45, 7) is 1.26. The van der Waals surface area contributed by atoms with E-state index in [-0.39, 0.29) is 25.4 Å². The molecule has 1 saturated heterocycles. The van der Waals surface area contributed by atoms with Crippen molar-refractivity contribution in [2.45, 2.75) is 24.8 Å². The van der Waals surface area contributed by atoms with Gasteiger partial charge in [0.05, 0.1) is 13.2 Å². The van der Waals surface area contributed by atoms with Crippen molar-refractivity contribution in [2.24, 2.45) is 5.73 Å². The minimum atomic E-state index is -4.86. The molecule has 0 bridgehead atoms. The molecule has 1 fully saturated rings. The minimum absolute atomic E-state index is 0.0488. The Kier molecular flexibility index (Phi) is 6.37. The molecule has 168 valence electrons. The molecule has 3 N–H and O–H groups in total. The zero-order valence-electron chi connectivity index (χ0n) is 16.4. The van der Waals surface area contributed by atoms with Crippen molar-refractivity contribution in [3.63, 3.8) is 0 Å². The molecule has 1 amide bonds. The number of rotatable bonds is 6. The van der Waals surface area contributed by atoms with Gasteiger partial charge in [0.2, 0.25) is 0 Å². The molecule has 2 aromatic rings. The maximum Gasteiger partial charge on any atom is 0.431 e. The number of carbonyl (C=O) groups excluding carboxylic acids is 1. The van der Waals surface area contributed by atoms with Crippen LogP contribution >= 0.6 is 0 Å². The van der Waals surface area contributed by atoms with Crippen LogP contribution in [0, 0.1) is 0 Å². The molecule has 2 heterocycles. The Hall–Kier alpha value is -2.92. The van der Waals surface area contributed by atoms with E-state index in [4.69, 9.17) is 19.9 Å². The first-order valence-electron chi connectivity index (χ1n) is 9.21. The van der Waals surface area contributed by atoms with Crippen LogP contribution in [0.1, 0.15) is 23.0 Å². The number of aromatic nitrogens is 1. The number of carbonyl (C=O) groups is 1. The van der Waals surface area contributed by atoms with E-state index in [1.807, 2.05) is 0 Å². The van der Waals surface area contributed by atoms with Crippen LogP contribution in [-0.2, 0) is 15.7 Å². The number of H-pyrrole nitrogens is 1. The summed E-state index contributed by atoms with van der Waals surface area (Å²) in [6, 6.07) is 6.33. The van der Waals surface area contributed by atoms with Gasteiger partial charge in [-0.25, -0.2) is 4.39 Å². The number of hydrogen-bond acceptors (Lipinski definition) is 5. The van der Waals surface area contributed by atoms with Crippen molar-refractivity contribution >= 4 is 5.91 Å². The Morgan fingerprint density at radius 3 is 2.58 bits per heavy atom. The third-order valence-electron chi connectivity index (χ3n) is 4.64. The highest BCUT2D eigenvalue weighted by atomic mass is 19.4. The van der Waals surface area contributed by atoms with Crippen LogP contribution in [0.25, 0.3) is 11.1 Å². The quantitative estimate of drug-likeness (QED) is 0.667. The molecule has 11 heteroatoms. The number of aromatic amines is 1. The summed E-state index contributed by atoms with van der Waals surface area (Å²) >= 11 is 0. The van der Waals surface area contributed by atoms with Gasteiger partial charge in [-0.15, -0.1) is 0 Å². The number of nitrogens with two attached hydrogens (primary N) is 1. The monoisotopic (exact) mass is 444 g/mol. The molecule has 1 aliphatic heterocycles. The Labute approximate surface area is 174 Å². The number of pyridine rings is 1. The molecule has 1 aromatic carbocycles. The molecular formula is C20H20F4N2O5. The number of ether oxygens (including phenoxy) is 3. The average molecular weight is 444 g/mol. The molecule has 1 aliphatic rings. The fourth-order valence-corrected chi connectivity index (χ4v) is 3.11. The van der Waals surface area contributed by atoms with E-state index in [9.17, 15) is 27.2 Å². The highest BCUT2D eigenvalue weighted by Crippen LogP contribution is 2.35. The van der Waals surface area contributed by atoms with Gasteiger partial charge in [-0.1, -0.05) is 12.1 Å². The largest absolute Gasteiger partial charge is 0.491 e. The molecule has 0 radical (unpaired) electrons. The molecule has 31 heavy (non-hydrogen) atoms. The van der Waals surface area contributed by atoms with Crippen LogP contribution < -0.4 is 16.0 Å². The predicted molar refractivity (Wildman–Crippen MR) is 102 cm³/mol. The molecule has 0 aliphatic carbocycles. The molecule has 0 spiro atoms. The Bertz CT molecular complexity index is 1010. The van der Waals surface area contributed by atoms with Gasteiger partial charge in [-0.05, 0) is 30.7 Å². The average Bonchev–Trinajstić information content (AvgIpc) is 2.72. The summed E-state index contributed by atoms with van der Waals surface area (Å²) in [6.07, 6.45) is -5.37. The first-order chi connectivity index (χ1) is 14.5. The van der Waals surface area contributed by atoms with E-state index in [0.717, 1.165) is 6.07 Å². The summed E-state index contributed by atoms with van der Waals surface area (Å²) in [5.41, 5.74) is 0.597. The Morgan fingerprint density at radius 2 is 2.00 bits per heavy atom. The van der Waals surface area contributed by atoms with Crippen LogP contribution in [-0.4, -0.2) is 49.1 Å². The maximum atomic E-state index is 13.4. The molecule has 3 rings (SSSR count). The summed E-state index contributed by atoms with van der Waals surface area (Å²) < 4.78 is 69.7. The van der Waals surface area contributed by atoms with Crippen LogP contribution in [0.4, 0.5) is 17.6 Å². The topological polar surface area (TPSA) is 104 Å². The van der Waals surface area contributed by atoms with Crippen molar-refractivity contribution in [3.05, 3.63) is 51.9 Å². The highest BCUT2D eigenvalue weighted by molar-refractivity contribution is 5.94. The molecule has 0 saturated carbocycles. The SMILES string of the molecule is C[C@]1(CF)COC[C@@H](COc2ccc(-c3cc(C(N)=O)c(=O)[nH]c3C(F)(F)F)cc2)O1. The van der Waals surface area contributed by atoms with Gasteiger partial charge in [0.1, 0.15) is 42.0 Å². The second-order valence-corrected chi connectivity index (χ2v) is 7.34. The van der Waals surface area contributed by atoms with E-state index in [1.54, 1.807) is 11.9 Å². The van der Waals surface area contributed by atoms with Gasteiger partial charge in [-0.3, -0.25) is 9.59 Å². The van der Waals surface area contributed by atoms with E-state index in [1.165, 1.54) is 24.3 Å². The van der Waals surface area contributed by atoms with Crippen molar-refractivity contribution in [1.29, 1.82) is 0 Å². The summed E-state index contributed by atoms with van der Waals surface area (Å²) in [4.78, 5) is 24.8. The number of nitrogens with one attached hydrogen (secondary N) is 1. The maximum absolute atomic E-state index is 13.4. The lowest BCUT2D eigenvalue weighted by atomic mass is 10.0.